The summed E-state index contributed by atoms with van der Waals surface area (Å²) in [5, 5.41) is 10.1. The van der Waals surface area contributed by atoms with Crippen molar-refractivity contribution in [2.24, 2.45) is 5.92 Å². The highest BCUT2D eigenvalue weighted by atomic mass is 16.2. The zero-order chi connectivity index (χ0) is 16.8. The van der Waals surface area contributed by atoms with E-state index in [1.54, 1.807) is 0 Å². The number of fused-ring (bicyclic) bond motifs is 2. The summed E-state index contributed by atoms with van der Waals surface area (Å²) in [6.07, 6.45) is 4.66. The maximum atomic E-state index is 12.6. The minimum atomic E-state index is 0.132. The molecule has 1 saturated carbocycles. The second-order valence-corrected chi connectivity index (χ2v) is 7.30. The molecule has 0 radical (unpaired) electrons. The molecule has 3 atom stereocenters. The molecule has 4 heteroatoms. The molecule has 0 bridgehead atoms. The third-order valence-electron chi connectivity index (χ3n) is 5.62. The highest BCUT2D eigenvalue weighted by molar-refractivity contribution is 5.86. The Balaban J connectivity index is 1.25. The monoisotopic (exact) mass is 331 g/mol. The van der Waals surface area contributed by atoms with Crippen LogP contribution in [0.3, 0.4) is 0 Å². The van der Waals surface area contributed by atoms with Gasteiger partial charge < -0.3 is 5.32 Å². The molecule has 2 aliphatic rings. The fraction of sp³-hybridized carbons (Fsp3) is 0.333. The molecule has 4 nitrogen and oxygen atoms in total. The molecule has 1 aliphatic heterocycles. The first-order valence-corrected chi connectivity index (χ1v) is 9.08. The van der Waals surface area contributed by atoms with E-state index in [4.69, 9.17) is 0 Å². The van der Waals surface area contributed by atoms with Gasteiger partial charge in [-0.2, -0.15) is 5.10 Å². The smallest absolute Gasteiger partial charge is 0.223 e. The van der Waals surface area contributed by atoms with Gasteiger partial charge in [0.15, 0.2) is 0 Å². The Hall–Kier alpha value is -2.62. The van der Waals surface area contributed by atoms with Crippen molar-refractivity contribution in [3.05, 3.63) is 66.0 Å². The summed E-state index contributed by atoms with van der Waals surface area (Å²) in [4.78, 5) is 12.6. The molecule has 5 rings (SSSR count). The van der Waals surface area contributed by atoms with Crippen LogP contribution in [0.2, 0.25) is 0 Å². The molecule has 126 valence electrons. The largest absolute Gasteiger partial charge is 0.353 e. The van der Waals surface area contributed by atoms with Crippen molar-refractivity contribution >= 4 is 16.7 Å². The number of benzene rings is 2. The molecular formula is C21H21N3O. The molecule has 1 aliphatic carbocycles. The van der Waals surface area contributed by atoms with Crippen molar-refractivity contribution in [1.29, 1.82) is 0 Å². The number of rotatable bonds is 3. The van der Waals surface area contributed by atoms with Gasteiger partial charge in [0, 0.05) is 36.8 Å². The predicted molar refractivity (Wildman–Crippen MR) is 97.3 cm³/mol. The van der Waals surface area contributed by atoms with Crippen LogP contribution in [-0.4, -0.2) is 21.7 Å². The van der Waals surface area contributed by atoms with Crippen LogP contribution in [0.15, 0.2) is 54.7 Å². The first-order chi connectivity index (χ1) is 12.3. The van der Waals surface area contributed by atoms with Gasteiger partial charge in [-0.05, 0) is 41.2 Å². The van der Waals surface area contributed by atoms with Crippen LogP contribution in [0.1, 0.15) is 30.0 Å². The van der Waals surface area contributed by atoms with Gasteiger partial charge in [-0.1, -0.05) is 42.5 Å². The summed E-state index contributed by atoms with van der Waals surface area (Å²) in [5.41, 5.74) is 2.51. The quantitative estimate of drug-likeness (QED) is 0.801. The van der Waals surface area contributed by atoms with Crippen LogP contribution < -0.4 is 5.32 Å². The number of nitrogens with zero attached hydrogens (tertiary/aromatic N) is 2. The Morgan fingerprint density at radius 2 is 2.00 bits per heavy atom. The zero-order valence-corrected chi connectivity index (χ0v) is 14.1. The molecule has 25 heavy (non-hydrogen) atoms. The number of hydrogen-bond acceptors (Lipinski definition) is 2. The van der Waals surface area contributed by atoms with Gasteiger partial charge in [0.2, 0.25) is 5.91 Å². The van der Waals surface area contributed by atoms with Crippen molar-refractivity contribution in [3.8, 4) is 0 Å². The molecule has 2 aromatic carbocycles. The SMILES string of the molecule is O=C(NC1CCn2nccc2C1)[C@@H]1C[C@H]1c1ccc2ccccc2c1. The van der Waals surface area contributed by atoms with Crippen molar-refractivity contribution < 1.29 is 4.79 Å². The van der Waals surface area contributed by atoms with E-state index in [0.717, 1.165) is 25.8 Å². The highest BCUT2D eigenvalue weighted by Gasteiger charge is 2.44. The van der Waals surface area contributed by atoms with Crippen LogP contribution in [0, 0.1) is 5.92 Å². The van der Waals surface area contributed by atoms with Crippen LogP contribution >= 0.6 is 0 Å². The minimum absolute atomic E-state index is 0.132. The van der Waals surface area contributed by atoms with E-state index in [-0.39, 0.29) is 17.9 Å². The van der Waals surface area contributed by atoms with Crippen LogP contribution in [0.25, 0.3) is 10.8 Å². The predicted octanol–water partition coefficient (Wildman–Crippen LogP) is 3.27. The second-order valence-electron chi connectivity index (χ2n) is 7.30. The molecule has 0 saturated heterocycles. The molecule has 1 fully saturated rings. The van der Waals surface area contributed by atoms with E-state index in [1.807, 2.05) is 16.9 Å². The van der Waals surface area contributed by atoms with E-state index in [2.05, 4.69) is 52.9 Å². The Kier molecular flexibility index (Phi) is 3.37. The number of aryl methyl sites for hydroxylation is 1. The Morgan fingerprint density at radius 1 is 1.12 bits per heavy atom. The van der Waals surface area contributed by atoms with Crippen LogP contribution in [0.5, 0.6) is 0 Å². The highest BCUT2D eigenvalue weighted by Crippen LogP contribution is 2.48. The number of amides is 1. The van der Waals surface area contributed by atoms with Gasteiger partial charge in [0.25, 0.3) is 0 Å². The normalized spacial score (nSPS) is 24.7. The van der Waals surface area contributed by atoms with E-state index < -0.39 is 0 Å². The maximum absolute atomic E-state index is 12.6. The maximum Gasteiger partial charge on any atom is 0.223 e. The molecular weight excluding hydrogens is 310 g/mol. The zero-order valence-electron chi connectivity index (χ0n) is 14.1. The van der Waals surface area contributed by atoms with Gasteiger partial charge in [-0.15, -0.1) is 0 Å². The third-order valence-corrected chi connectivity index (χ3v) is 5.62. The number of aromatic nitrogens is 2. The molecule has 1 N–H and O–H groups in total. The van der Waals surface area contributed by atoms with E-state index in [0.29, 0.717) is 5.92 Å². The second kappa shape index (κ2) is 5.73. The number of nitrogens with one attached hydrogen (secondary N) is 1. The van der Waals surface area contributed by atoms with Crippen molar-refractivity contribution in [2.75, 3.05) is 0 Å². The fourth-order valence-electron chi connectivity index (χ4n) is 4.09. The molecule has 0 spiro atoms. The van der Waals surface area contributed by atoms with Gasteiger partial charge in [-0.25, -0.2) is 0 Å². The first-order valence-electron chi connectivity index (χ1n) is 9.08. The lowest BCUT2D eigenvalue weighted by atomic mass is 10.0. The average molecular weight is 331 g/mol. The lowest BCUT2D eigenvalue weighted by Crippen LogP contribution is -2.41. The fourth-order valence-corrected chi connectivity index (χ4v) is 4.09. The van der Waals surface area contributed by atoms with Gasteiger partial charge >= 0.3 is 0 Å². The molecule has 1 amide bonds. The summed E-state index contributed by atoms with van der Waals surface area (Å²) in [7, 11) is 0. The lowest BCUT2D eigenvalue weighted by molar-refractivity contribution is -0.123. The average Bonchev–Trinajstić information content (AvgIpc) is 3.32. The summed E-state index contributed by atoms with van der Waals surface area (Å²) in [6, 6.07) is 17.3. The van der Waals surface area contributed by atoms with Crippen LogP contribution in [-0.2, 0) is 17.8 Å². The number of carbonyl (C=O) groups excluding carboxylic acids is 1. The first kappa shape index (κ1) is 14.7. The van der Waals surface area contributed by atoms with Crippen LogP contribution in [0.4, 0.5) is 0 Å². The van der Waals surface area contributed by atoms with E-state index in [9.17, 15) is 4.79 Å². The Morgan fingerprint density at radius 3 is 2.92 bits per heavy atom. The Labute approximate surface area is 146 Å². The summed E-state index contributed by atoms with van der Waals surface area (Å²) < 4.78 is 2.04. The topological polar surface area (TPSA) is 46.9 Å². The molecule has 1 aromatic heterocycles. The Bertz CT molecular complexity index is 945. The van der Waals surface area contributed by atoms with Crippen molar-refractivity contribution in [2.45, 2.75) is 37.8 Å². The standard InChI is InChI=1S/C21H21N3O/c25-21(23-17-8-10-24-18(12-17)7-9-22-24)20-13-19(20)16-6-5-14-3-1-2-4-15(14)11-16/h1-7,9,11,17,19-20H,8,10,12-13H2,(H,23,25)/t17?,19-,20+/m0/s1. The number of carbonyl (C=O) groups is 1. The number of hydrogen-bond donors (Lipinski definition) is 1. The summed E-state index contributed by atoms with van der Waals surface area (Å²) >= 11 is 0. The van der Waals surface area contributed by atoms with Crippen molar-refractivity contribution in [1.82, 2.24) is 15.1 Å². The summed E-state index contributed by atoms with van der Waals surface area (Å²) in [5.74, 6) is 0.725. The summed E-state index contributed by atoms with van der Waals surface area (Å²) in [6.45, 7) is 0.895. The van der Waals surface area contributed by atoms with Gasteiger partial charge in [0.1, 0.15) is 0 Å². The van der Waals surface area contributed by atoms with E-state index in [1.165, 1.54) is 22.0 Å². The molecule has 3 aromatic rings. The van der Waals surface area contributed by atoms with Crippen molar-refractivity contribution in [3.63, 3.8) is 0 Å². The minimum Gasteiger partial charge on any atom is -0.353 e. The lowest BCUT2D eigenvalue weighted by Gasteiger charge is -2.24. The molecule has 1 unspecified atom stereocenters. The van der Waals surface area contributed by atoms with E-state index >= 15 is 0 Å². The van der Waals surface area contributed by atoms with Gasteiger partial charge in [0.05, 0.1) is 0 Å². The third kappa shape index (κ3) is 2.72. The van der Waals surface area contributed by atoms with Gasteiger partial charge in [-0.3, -0.25) is 9.48 Å². The molecule has 2 heterocycles.